The molecular formula is C11H10BrF2N3. The van der Waals surface area contributed by atoms with E-state index in [0.717, 1.165) is 0 Å². The van der Waals surface area contributed by atoms with Gasteiger partial charge in [-0.15, -0.1) is 0 Å². The van der Waals surface area contributed by atoms with Crippen molar-refractivity contribution in [3.63, 3.8) is 0 Å². The fourth-order valence-electron chi connectivity index (χ4n) is 1.57. The predicted octanol–water partition coefficient (Wildman–Crippen LogP) is 2.51. The summed E-state index contributed by atoms with van der Waals surface area (Å²) in [5.74, 6) is -1.37. The summed E-state index contributed by atoms with van der Waals surface area (Å²) in [4.78, 5) is 3.99. The molecule has 0 aliphatic carbocycles. The minimum atomic E-state index is -0.923. The van der Waals surface area contributed by atoms with Crippen LogP contribution in [0.5, 0.6) is 0 Å². The minimum absolute atomic E-state index is 0.181. The third-order valence-electron chi connectivity index (χ3n) is 2.43. The normalized spacial score (nSPS) is 12.8. The number of hydrogen-bond donors (Lipinski definition) is 1. The van der Waals surface area contributed by atoms with Crippen LogP contribution in [0.15, 0.2) is 29.1 Å². The Labute approximate surface area is 105 Å². The lowest BCUT2D eigenvalue weighted by Gasteiger charge is -2.12. The molecule has 17 heavy (non-hydrogen) atoms. The fourth-order valence-corrected chi connectivity index (χ4v) is 1.92. The van der Waals surface area contributed by atoms with Crippen molar-refractivity contribution in [2.75, 3.05) is 0 Å². The fraction of sp³-hybridized carbons (Fsp3) is 0.182. The lowest BCUT2D eigenvalue weighted by atomic mass is 10.0. The van der Waals surface area contributed by atoms with Gasteiger partial charge in [0.05, 0.1) is 22.5 Å². The molecule has 1 aromatic carbocycles. The third-order valence-corrected chi connectivity index (χ3v) is 3.05. The van der Waals surface area contributed by atoms with Crippen molar-refractivity contribution < 1.29 is 8.78 Å². The summed E-state index contributed by atoms with van der Waals surface area (Å²) in [6.07, 6.45) is 3.16. The summed E-state index contributed by atoms with van der Waals surface area (Å²) in [5.41, 5.74) is 6.06. The molecule has 1 aromatic heterocycles. The summed E-state index contributed by atoms with van der Waals surface area (Å²) in [7, 11) is 1.76. The molecule has 0 aliphatic rings. The van der Waals surface area contributed by atoms with E-state index in [1.807, 2.05) is 0 Å². The maximum absolute atomic E-state index is 13.8. The summed E-state index contributed by atoms with van der Waals surface area (Å²) in [6, 6.07) is 1.55. The number of rotatable bonds is 2. The first-order valence-corrected chi connectivity index (χ1v) is 5.67. The molecule has 0 bridgehead atoms. The number of nitrogens with zero attached hydrogens (tertiary/aromatic N) is 2. The summed E-state index contributed by atoms with van der Waals surface area (Å²) in [5, 5.41) is 0. The van der Waals surface area contributed by atoms with E-state index in [9.17, 15) is 8.78 Å². The Kier molecular flexibility index (Phi) is 3.26. The van der Waals surface area contributed by atoms with Crippen molar-refractivity contribution in [3.8, 4) is 0 Å². The van der Waals surface area contributed by atoms with Crippen LogP contribution in [0, 0.1) is 11.6 Å². The van der Waals surface area contributed by atoms with Crippen LogP contribution >= 0.6 is 15.9 Å². The van der Waals surface area contributed by atoms with Gasteiger partial charge >= 0.3 is 0 Å². The molecule has 0 radical (unpaired) electrons. The maximum atomic E-state index is 13.8. The van der Waals surface area contributed by atoms with Crippen LogP contribution in [-0.4, -0.2) is 9.55 Å². The summed E-state index contributed by atoms with van der Waals surface area (Å²) in [6.45, 7) is 0. The predicted molar refractivity (Wildman–Crippen MR) is 63.3 cm³/mol. The number of hydrogen-bond acceptors (Lipinski definition) is 2. The van der Waals surface area contributed by atoms with Gasteiger partial charge in [-0.25, -0.2) is 13.8 Å². The van der Waals surface area contributed by atoms with Crippen molar-refractivity contribution in [3.05, 3.63) is 52.0 Å². The van der Waals surface area contributed by atoms with E-state index in [1.165, 1.54) is 18.5 Å². The van der Waals surface area contributed by atoms with E-state index in [1.54, 1.807) is 17.8 Å². The lowest BCUT2D eigenvalue weighted by molar-refractivity contribution is 0.537. The van der Waals surface area contributed by atoms with Gasteiger partial charge in [0, 0.05) is 18.8 Å². The quantitative estimate of drug-likeness (QED) is 0.866. The van der Waals surface area contributed by atoms with Crippen LogP contribution < -0.4 is 5.73 Å². The van der Waals surface area contributed by atoms with E-state index >= 15 is 0 Å². The van der Waals surface area contributed by atoms with Gasteiger partial charge in [0.15, 0.2) is 0 Å². The van der Waals surface area contributed by atoms with E-state index in [2.05, 4.69) is 20.9 Å². The van der Waals surface area contributed by atoms with Crippen molar-refractivity contribution in [1.29, 1.82) is 0 Å². The second-order valence-corrected chi connectivity index (χ2v) is 4.55. The van der Waals surface area contributed by atoms with Crippen LogP contribution in [0.2, 0.25) is 0 Å². The van der Waals surface area contributed by atoms with Gasteiger partial charge in [0.2, 0.25) is 0 Å². The molecule has 0 amide bonds. The first kappa shape index (κ1) is 12.2. The molecule has 1 heterocycles. The number of nitrogens with two attached hydrogens (primary N) is 1. The van der Waals surface area contributed by atoms with Crippen LogP contribution in [0.1, 0.15) is 17.3 Å². The van der Waals surface area contributed by atoms with Crippen molar-refractivity contribution in [2.24, 2.45) is 12.8 Å². The zero-order valence-corrected chi connectivity index (χ0v) is 10.6. The topological polar surface area (TPSA) is 43.8 Å². The largest absolute Gasteiger partial charge is 0.340 e. The van der Waals surface area contributed by atoms with Crippen LogP contribution in [0.3, 0.4) is 0 Å². The molecule has 3 nitrogen and oxygen atoms in total. The Morgan fingerprint density at radius 2 is 2.12 bits per heavy atom. The summed E-state index contributed by atoms with van der Waals surface area (Å²) < 4.78 is 29.3. The smallest absolute Gasteiger partial charge is 0.145 e. The average molecular weight is 302 g/mol. The number of benzene rings is 1. The Morgan fingerprint density at radius 3 is 2.71 bits per heavy atom. The van der Waals surface area contributed by atoms with Crippen LogP contribution in [-0.2, 0) is 7.05 Å². The lowest BCUT2D eigenvalue weighted by Crippen LogP contribution is -2.16. The molecule has 2 aromatic rings. The Morgan fingerprint density at radius 1 is 1.41 bits per heavy atom. The molecule has 0 saturated carbocycles. The molecule has 1 unspecified atom stereocenters. The van der Waals surface area contributed by atoms with Gasteiger partial charge in [0.1, 0.15) is 11.6 Å². The van der Waals surface area contributed by atoms with Gasteiger partial charge < -0.3 is 10.3 Å². The SMILES string of the molecule is Cn1cnc(C(N)c2c(F)ccc(Br)c2F)c1. The Balaban J connectivity index is 2.50. The molecule has 0 aliphatic heterocycles. The first-order valence-electron chi connectivity index (χ1n) is 4.87. The zero-order valence-electron chi connectivity index (χ0n) is 8.99. The van der Waals surface area contributed by atoms with Crippen molar-refractivity contribution in [1.82, 2.24) is 9.55 Å². The van der Waals surface area contributed by atoms with Gasteiger partial charge in [-0.3, -0.25) is 0 Å². The minimum Gasteiger partial charge on any atom is -0.340 e. The second kappa shape index (κ2) is 4.54. The number of halogens is 3. The van der Waals surface area contributed by atoms with E-state index in [-0.39, 0.29) is 10.0 Å². The first-order chi connectivity index (χ1) is 8.00. The number of imidazole rings is 1. The number of aromatic nitrogens is 2. The van der Waals surface area contributed by atoms with Crippen molar-refractivity contribution >= 4 is 15.9 Å². The van der Waals surface area contributed by atoms with Gasteiger partial charge in [-0.1, -0.05) is 0 Å². The molecule has 6 heteroatoms. The molecule has 0 saturated heterocycles. The Bertz CT molecular complexity index is 554. The molecular weight excluding hydrogens is 292 g/mol. The van der Waals surface area contributed by atoms with Gasteiger partial charge in [0.25, 0.3) is 0 Å². The molecule has 0 fully saturated rings. The molecule has 90 valence electrons. The molecule has 0 spiro atoms. The highest BCUT2D eigenvalue weighted by atomic mass is 79.9. The highest BCUT2D eigenvalue weighted by Gasteiger charge is 2.21. The highest BCUT2D eigenvalue weighted by molar-refractivity contribution is 9.10. The standard InChI is InChI=1S/C11H10BrF2N3/c1-17-4-8(16-5-17)11(15)9-7(13)3-2-6(12)10(9)14/h2-5,11H,15H2,1H3. The summed E-state index contributed by atoms with van der Waals surface area (Å²) >= 11 is 3.00. The molecule has 2 N–H and O–H groups in total. The van der Waals surface area contributed by atoms with E-state index < -0.39 is 17.7 Å². The zero-order chi connectivity index (χ0) is 12.6. The third kappa shape index (κ3) is 2.23. The second-order valence-electron chi connectivity index (χ2n) is 3.70. The van der Waals surface area contributed by atoms with Crippen LogP contribution in [0.25, 0.3) is 0 Å². The molecule has 1 atom stereocenters. The maximum Gasteiger partial charge on any atom is 0.145 e. The Hall–Kier alpha value is -1.27. The van der Waals surface area contributed by atoms with Gasteiger partial charge in [-0.2, -0.15) is 0 Å². The van der Waals surface area contributed by atoms with E-state index in [0.29, 0.717) is 5.69 Å². The van der Waals surface area contributed by atoms with Crippen molar-refractivity contribution in [2.45, 2.75) is 6.04 Å². The van der Waals surface area contributed by atoms with Gasteiger partial charge in [-0.05, 0) is 28.1 Å². The highest BCUT2D eigenvalue weighted by Crippen LogP contribution is 2.28. The number of aryl methyl sites for hydroxylation is 1. The average Bonchev–Trinajstić information content (AvgIpc) is 2.71. The van der Waals surface area contributed by atoms with Crippen LogP contribution in [0.4, 0.5) is 8.78 Å². The molecule has 2 rings (SSSR count). The monoisotopic (exact) mass is 301 g/mol. The van der Waals surface area contributed by atoms with E-state index in [4.69, 9.17) is 5.73 Å².